The van der Waals surface area contributed by atoms with Crippen molar-refractivity contribution in [1.82, 2.24) is 25.8 Å². The number of unbranched alkanes of at least 4 members (excludes halogenated alkanes) is 1. The molecule has 1 aliphatic carbocycles. The molecule has 2 heterocycles. The van der Waals surface area contributed by atoms with E-state index in [2.05, 4.69) is 54.7 Å². The number of aliphatic hydroxyl groups is 1. The lowest BCUT2D eigenvalue weighted by Crippen LogP contribution is -2.74. The quantitative estimate of drug-likeness (QED) is 0.0767. The van der Waals surface area contributed by atoms with Crippen molar-refractivity contribution in [3.05, 3.63) is 101 Å². The van der Waals surface area contributed by atoms with E-state index in [4.69, 9.17) is 30.2 Å². The third kappa shape index (κ3) is 11.5. The van der Waals surface area contributed by atoms with Crippen molar-refractivity contribution in [3.63, 3.8) is 0 Å². The molecule has 4 N–H and O–H groups in total. The number of hydrogen-bond donors (Lipinski definition) is 4. The van der Waals surface area contributed by atoms with Crippen molar-refractivity contribution in [2.24, 2.45) is 16.2 Å². The normalized spacial score (nSPS) is 20.0. The zero-order chi connectivity index (χ0) is 48.0. The van der Waals surface area contributed by atoms with Crippen molar-refractivity contribution in [3.8, 4) is 28.9 Å². The van der Waals surface area contributed by atoms with Crippen molar-refractivity contribution in [1.29, 1.82) is 5.26 Å². The van der Waals surface area contributed by atoms with Crippen molar-refractivity contribution in [2.75, 3.05) is 26.4 Å². The molecule has 66 heavy (non-hydrogen) atoms. The van der Waals surface area contributed by atoms with Crippen molar-refractivity contribution < 1.29 is 42.9 Å². The third-order valence-electron chi connectivity index (χ3n) is 12.4. The summed E-state index contributed by atoms with van der Waals surface area (Å²) in [5, 5.41) is 29.0. The number of aryl methyl sites for hydroxylation is 1. The average molecular weight is 926 g/mol. The highest BCUT2D eigenvalue weighted by molar-refractivity contribution is 6.31. The van der Waals surface area contributed by atoms with Gasteiger partial charge in [-0.15, -0.1) is 0 Å². The van der Waals surface area contributed by atoms with E-state index in [1.165, 1.54) is 11.3 Å². The van der Waals surface area contributed by atoms with Gasteiger partial charge < -0.3 is 44.6 Å². The Kier molecular flexibility index (Phi) is 15.5. The van der Waals surface area contributed by atoms with Gasteiger partial charge >= 0.3 is 0 Å². The van der Waals surface area contributed by atoms with Gasteiger partial charge in [-0.25, -0.2) is 4.98 Å². The minimum atomic E-state index is -0.974. The van der Waals surface area contributed by atoms with E-state index in [-0.39, 0.29) is 50.8 Å². The Morgan fingerprint density at radius 2 is 1.65 bits per heavy atom. The molecule has 0 spiro atoms. The number of nitriles is 1. The highest BCUT2D eigenvalue weighted by Crippen LogP contribution is 2.55. The molecule has 0 bridgehead atoms. The number of oxazole rings is 1. The minimum absolute atomic E-state index is 0.0306. The minimum Gasteiger partial charge on any atom is -0.494 e. The number of rotatable bonds is 18. The highest BCUT2D eigenvalue weighted by Gasteiger charge is 2.64. The average Bonchev–Trinajstić information content (AvgIpc) is 3.89. The highest BCUT2D eigenvalue weighted by atomic mass is 35.5. The van der Waals surface area contributed by atoms with Gasteiger partial charge in [-0.3, -0.25) is 19.2 Å². The fraction of sp³-hybridized carbons (Fsp3) is 0.480. The molecule has 0 radical (unpaired) electrons. The largest absolute Gasteiger partial charge is 0.494 e. The Morgan fingerprint density at radius 1 is 0.985 bits per heavy atom. The maximum atomic E-state index is 14.0. The summed E-state index contributed by atoms with van der Waals surface area (Å²) in [4.78, 5) is 59.3. The molecule has 16 heteroatoms. The molecule has 1 saturated carbocycles. The van der Waals surface area contributed by atoms with Crippen LogP contribution in [0.5, 0.6) is 11.5 Å². The van der Waals surface area contributed by atoms with Gasteiger partial charge in [0.05, 0.1) is 29.0 Å². The molecule has 4 aromatic rings. The van der Waals surface area contributed by atoms with Crippen LogP contribution in [0.15, 0.2) is 77.5 Å². The lowest BCUT2D eigenvalue weighted by Gasteiger charge is -2.63. The number of amides is 4. The molecular formula is C50H61ClN6O9. The molecule has 1 saturated heterocycles. The molecule has 4 amide bonds. The van der Waals surface area contributed by atoms with Gasteiger partial charge in [0.25, 0.3) is 5.91 Å². The number of aliphatic hydroxyl groups excluding tert-OH is 1. The zero-order valence-corrected chi connectivity index (χ0v) is 39.7. The topological polar surface area (TPSA) is 205 Å². The first-order valence-electron chi connectivity index (χ1n) is 22.2. The van der Waals surface area contributed by atoms with Crippen LogP contribution in [0.4, 0.5) is 0 Å². The monoisotopic (exact) mass is 924 g/mol. The summed E-state index contributed by atoms with van der Waals surface area (Å²) in [5.41, 5.74) is 1.85. The second kappa shape index (κ2) is 20.7. The molecule has 1 aliphatic heterocycles. The summed E-state index contributed by atoms with van der Waals surface area (Å²) in [5.74, 6) is 0.322. The van der Waals surface area contributed by atoms with Crippen LogP contribution in [0.3, 0.4) is 0 Å². The van der Waals surface area contributed by atoms with E-state index in [1.54, 1.807) is 42.5 Å². The fourth-order valence-corrected chi connectivity index (χ4v) is 9.37. The molecule has 3 aromatic carbocycles. The zero-order valence-electron chi connectivity index (χ0n) is 38.9. The number of nitrogens with one attached hydrogen (secondary N) is 3. The van der Waals surface area contributed by atoms with Crippen molar-refractivity contribution >= 4 is 35.2 Å². The number of benzene rings is 3. The van der Waals surface area contributed by atoms with Gasteiger partial charge in [0.15, 0.2) is 12.2 Å². The molecule has 2 fully saturated rings. The molecule has 352 valence electrons. The van der Waals surface area contributed by atoms with E-state index in [0.29, 0.717) is 52.9 Å². The smallest absolute Gasteiger partial charge is 0.251 e. The van der Waals surface area contributed by atoms with E-state index < -0.39 is 52.2 Å². The molecule has 1 aromatic heterocycles. The van der Waals surface area contributed by atoms with Gasteiger partial charge in [0.2, 0.25) is 17.7 Å². The summed E-state index contributed by atoms with van der Waals surface area (Å²) in [6.45, 7) is 16.1. The van der Waals surface area contributed by atoms with Crippen LogP contribution in [-0.2, 0) is 25.7 Å². The van der Waals surface area contributed by atoms with E-state index >= 15 is 0 Å². The Balaban J connectivity index is 0.896. The second-order valence-electron chi connectivity index (χ2n) is 19.4. The maximum absolute atomic E-state index is 14.0. The van der Waals surface area contributed by atoms with Crippen LogP contribution in [0.25, 0.3) is 11.3 Å². The number of β-amino-alcohol motifs (C(OH)–C–C–N with tert-alkyl or cyclic N) is 1. The van der Waals surface area contributed by atoms with Gasteiger partial charge in [-0.1, -0.05) is 84.3 Å². The van der Waals surface area contributed by atoms with Crippen LogP contribution in [-0.4, -0.2) is 95.3 Å². The maximum Gasteiger partial charge on any atom is 0.251 e. The van der Waals surface area contributed by atoms with Gasteiger partial charge in [-0.05, 0) is 67.1 Å². The van der Waals surface area contributed by atoms with Gasteiger partial charge in [0.1, 0.15) is 42.4 Å². The van der Waals surface area contributed by atoms with Gasteiger partial charge in [-0.2, -0.15) is 5.26 Å². The van der Waals surface area contributed by atoms with Crippen LogP contribution >= 0.6 is 11.6 Å². The summed E-state index contributed by atoms with van der Waals surface area (Å²) in [6.07, 6.45) is 1.62. The predicted molar refractivity (Wildman–Crippen MR) is 247 cm³/mol. The summed E-state index contributed by atoms with van der Waals surface area (Å²) < 4.78 is 23.3. The number of likely N-dealkylation sites (tertiary alicyclic amines) is 1. The summed E-state index contributed by atoms with van der Waals surface area (Å²) >= 11 is 6.23. The third-order valence-corrected chi connectivity index (χ3v) is 12.8. The summed E-state index contributed by atoms with van der Waals surface area (Å²) in [6, 6.07) is 19.5. The number of carbonyl (C=O) groups is 4. The Hall–Kier alpha value is -5.95. The fourth-order valence-electron chi connectivity index (χ4n) is 9.16. The van der Waals surface area contributed by atoms with Crippen molar-refractivity contribution in [2.45, 2.75) is 112 Å². The number of hydrogen-bond acceptors (Lipinski definition) is 11. The first-order valence-corrected chi connectivity index (χ1v) is 22.6. The number of aromatic nitrogens is 1. The van der Waals surface area contributed by atoms with Crippen LogP contribution < -0.4 is 25.4 Å². The molecule has 15 nitrogen and oxygen atoms in total. The first kappa shape index (κ1) is 49.5. The van der Waals surface area contributed by atoms with Crippen LogP contribution in [0, 0.1) is 34.5 Å². The number of nitrogens with zero attached hydrogens (tertiary/aromatic N) is 3. The second-order valence-corrected chi connectivity index (χ2v) is 19.8. The van der Waals surface area contributed by atoms with Crippen LogP contribution in [0.2, 0.25) is 5.02 Å². The lowest BCUT2D eigenvalue weighted by molar-refractivity contribution is -0.164. The number of ether oxygens (including phenoxy) is 3. The lowest BCUT2D eigenvalue weighted by atomic mass is 9.49. The van der Waals surface area contributed by atoms with Crippen LogP contribution in [0.1, 0.15) is 94.9 Å². The standard InChI is InChI=1S/C50H61ClN6O9/c1-30-41(65-29-54-30)32-13-11-31(12-14-32)26-53-44(61)39-23-35(58)27-57(39)45(62)42(48(2,3)4)55-40(59)28-63-21-9-10-22-64-36-18-15-33(16-19-36)43(60)56-46-49(5,6)47(50(46,7)8)66-37-20-17-34(25-52)38(51)24-37/h11-20,24,29,35,39,42,46-47,58H,9-10,21-23,26-28H2,1-8H3,(H,53,61)(H,55,59)(H,56,60)/t35-,39+,42?,46-,47-/m1/s1. The molecule has 2 aliphatic rings. The van der Waals surface area contributed by atoms with E-state index in [0.717, 1.165) is 16.8 Å². The summed E-state index contributed by atoms with van der Waals surface area (Å²) in [7, 11) is 0. The Morgan fingerprint density at radius 3 is 2.27 bits per heavy atom. The molecule has 6 rings (SSSR count). The first-order chi connectivity index (χ1) is 31.2. The van der Waals surface area contributed by atoms with Gasteiger partial charge in [0, 0.05) is 60.2 Å². The van der Waals surface area contributed by atoms with E-state index in [1.807, 2.05) is 52.0 Å². The molecular weight excluding hydrogens is 864 g/mol. The Labute approximate surface area is 391 Å². The number of halogens is 1. The number of carbonyl (C=O) groups excluding carboxylic acids is 4. The predicted octanol–water partition coefficient (Wildman–Crippen LogP) is 6.77. The van der Waals surface area contributed by atoms with E-state index in [9.17, 15) is 29.5 Å². The molecule has 1 unspecified atom stereocenters. The SMILES string of the molecule is Cc1ncoc1-c1ccc(CNC(=O)[C@@H]2C[C@@H](O)CN2C(=O)C(NC(=O)COCCCCOc2ccc(C(=O)N[C@H]3C(C)(C)[C@H](Oc4ccc(C#N)c(Cl)c4)C3(C)C)cc2)C(C)(C)C)cc1. The molecule has 3 atom stereocenters. The Bertz CT molecular complexity index is 2390.